The van der Waals surface area contributed by atoms with Crippen molar-refractivity contribution in [3.8, 4) is 11.8 Å². The molecule has 0 spiro atoms. The van der Waals surface area contributed by atoms with Crippen molar-refractivity contribution >= 4 is 5.91 Å². The van der Waals surface area contributed by atoms with Crippen LogP contribution in [-0.4, -0.2) is 60.0 Å². The third-order valence-electron chi connectivity index (χ3n) is 4.65. The normalized spacial score (nSPS) is 14.4. The van der Waals surface area contributed by atoms with Crippen LogP contribution in [0.1, 0.15) is 34.2 Å². The molecule has 0 aliphatic carbocycles. The van der Waals surface area contributed by atoms with Gasteiger partial charge in [-0.15, -0.1) is 0 Å². The summed E-state index contributed by atoms with van der Waals surface area (Å²) in [6.07, 6.45) is 0.938. The van der Waals surface area contributed by atoms with E-state index < -0.39 is 0 Å². The van der Waals surface area contributed by atoms with E-state index in [9.17, 15) is 4.79 Å². The number of carbonyl (C=O) groups excluding carboxylic acids is 1. The van der Waals surface area contributed by atoms with Crippen LogP contribution in [0.25, 0.3) is 0 Å². The highest BCUT2D eigenvalue weighted by Gasteiger charge is 2.13. The van der Waals surface area contributed by atoms with Gasteiger partial charge in [-0.3, -0.25) is 14.4 Å². The lowest BCUT2D eigenvalue weighted by Crippen LogP contribution is -2.41. The van der Waals surface area contributed by atoms with Crippen molar-refractivity contribution in [2.24, 2.45) is 7.05 Å². The van der Waals surface area contributed by atoms with Gasteiger partial charge in [0.25, 0.3) is 5.91 Å². The second-order valence-corrected chi connectivity index (χ2v) is 6.51. The van der Waals surface area contributed by atoms with Gasteiger partial charge in [0, 0.05) is 44.9 Å². The Morgan fingerprint density at radius 2 is 2.04 bits per heavy atom. The summed E-state index contributed by atoms with van der Waals surface area (Å²) in [6.45, 7) is 6.89. The minimum atomic E-state index is -0.166. The lowest BCUT2D eigenvalue weighted by atomic mass is 10.1. The van der Waals surface area contributed by atoms with Gasteiger partial charge in [-0.2, -0.15) is 5.10 Å². The zero-order valence-electron chi connectivity index (χ0n) is 16.0. The second-order valence-electron chi connectivity index (χ2n) is 6.51. The molecule has 27 heavy (non-hydrogen) atoms. The van der Waals surface area contributed by atoms with E-state index in [4.69, 9.17) is 4.74 Å². The SMILES string of the molecule is CCc1ccccc1C#Cc1cc(C(=O)NCCN2CCOCC2)nn1C. The number of aryl methyl sites for hydroxylation is 2. The lowest BCUT2D eigenvalue weighted by molar-refractivity contribution is 0.0383. The molecule has 0 atom stereocenters. The number of benzene rings is 1. The predicted molar refractivity (Wildman–Crippen MR) is 105 cm³/mol. The molecule has 0 radical (unpaired) electrons. The summed E-state index contributed by atoms with van der Waals surface area (Å²) in [7, 11) is 1.81. The van der Waals surface area contributed by atoms with Crippen LogP contribution in [0.15, 0.2) is 30.3 Å². The molecule has 6 nitrogen and oxygen atoms in total. The van der Waals surface area contributed by atoms with Crippen LogP contribution in [0.4, 0.5) is 0 Å². The van der Waals surface area contributed by atoms with E-state index in [1.807, 2.05) is 18.2 Å². The molecule has 1 aliphatic rings. The molecule has 0 bridgehead atoms. The van der Waals surface area contributed by atoms with E-state index in [0.717, 1.165) is 50.5 Å². The average Bonchev–Trinajstić information content (AvgIpc) is 3.08. The molecule has 1 aromatic heterocycles. The van der Waals surface area contributed by atoms with E-state index in [0.29, 0.717) is 12.2 Å². The molecule has 2 aromatic rings. The van der Waals surface area contributed by atoms with Gasteiger partial charge < -0.3 is 10.1 Å². The van der Waals surface area contributed by atoms with Crippen molar-refractivity contribution in [2.75, 3.05) is 39.4 Å². The molecule has 6 heteroatoms. The Bertz CT molecular complexity index is 841. The third-order valence-corrected chi connectivity index (χ3v) is 4.65. The molecule has 1 aliphatic heterocycles. The second kappa shape index (κ2) is 9.36. The van der Waals surface area contributed by atoms with Gasteiger partial charge in [-0.25, -0.2) is 0 Å². The smallest absolute Gasteiger partial charge is 0.271 e. The zero-order chi connectivity index (χ0) is 19.1. The summed E-state index contributed by atoms with van der Waals surface area (Å²) < 4.78 is 6.98. The molecule has 0 saturated carbocycles. The van der Waals surface area contributed by atoms with Gasteiger partial charge in [-0.05, 0) is 24.0 Å². The first-order chi connectivity index (χ1) is 13.2. The highest BCUT2D eigenvalue weighted by Crippen LogP contribution is 2.09. The number of nitrogens with zero attached hydrogens (tertiary/aromatic N) is 3. The first-order valence-electron chi connectivity index (χ1n) is 9.39. The zero-order valence-corrected chi connectivity index (χ0v) is 16.0. The number of ether oxygens (including phenoxy) is 1. The predicted octanol–water partition coefficient (Wildman–Crippen LogP) is 1.44. The lowest BCUT2D eigenvalue weighted by Gasteiger charge is -2.26. The van der Waals surface area contributed by atoms with Gasteiger partial charge in [0.2, 0.25) is 0 Å². The number of nitrogens with one attached hydrogen (secondary N) is 1. The Hall–Kier alpha value is -2.62. The van der Waals surface area contributed by atoms with E-state index in [-0.39, 0.29) is 5.91 Å². The standard InChI is InChI=1S/C21H26N4O2/c1-3-17-6-4-5-7-18(17)8-9-19-16-20(23-24(19)2)21(26)22-10-11-25-12-14-27-15-13-25/h4-7,16H,3,10-15H2,1-2H3,(H,22,26). The number of aromatic nitrogens is 2. The average molecular weight is 366 g/mol. The van der Waals surface area contributed by atoms with Crippen LogP contribution in [0.3, 0.4) is 0 Å². The maximum absolute atomic E-state index is 12.3. The number of hydrogen-bond acceptors (Lipinski definition) is 4. The monoisotopic (exact) mass is 366 g/mol. The van der Waals surface area contributed by atoms with Crippen LogP contribution < -0.4 is 5.32 Å². The molecule has 3 rings (SSSR count). The summed E-state index contributed by atoms with van der Waals surface area (Å²) >= 11 is 0. The van der Waals surface area contributed by atoms with Crippen molar-refractivity contribution in [2.45, 2.75) is 13.3 Å². The number of morpholine rings is 1. The van der Waals surface area contributed by atoms with Crippen molar-refractivity contribution in [3.63, 3.8) is 0 Å². The largest absolute Gasteiger partial charge is 0.379 e. The Morgan fingerprint density at radius 3 is 2.81 bits per heavy atom. The van der Waals surface area contributed by atoms with Crippen LogP contribution in [0.5, 0.6) is 0 Å². The quantitative estimate of drug-likeness (QED) is 0.814. The number of carbonyl (C=O) groups is 1. The molecule has 1 amide bonds. The Balaban J connectivity index is 1.60. The van der Waals surface area contributed by atoms with E-state index in [1.165, 1.54) is 5.56 Å². The third kappa shape index (κ3) is 5.19. The summed E-state index contributed by atoms with van der Waals surface area (Å²) in [4.78, 5) is 14.6. The summed E-state index contributed by atoms with van der Waals surface area (Å²) in [5, 5.41) is 7.23. The Morgan fingerprint density at radius 1 is 1.26 bits per heavy atom. The molecular formula is C21H26N4O2. The van der Waals surface area contributed by atoms with Crippen molar-refractivity contribution < 1.29 is 9.53 Å². The van der Waals surface area contributed by atoms with Crippen LogP contribution in [-0.2, 0) is 18.2 Å². The summed E-state index contributed by atoms with van der Waals surface area (Å²) in [5.41, 5.74) is 3.35. The van der Waals surface area contributed by atoms with Gasteiger partial charge in [0.1, 0.15) is 5.69 Å². The highest BCUT2D eigenvalue weighted by atomic mass is 16.5. The molecule has 1 fully saturated rings. The summed E-state index contributed by atoms with van der Waals surface area (Å²) in [5.74, 6) is 6.17. The van der Waals surface area contributed by atoms with Gasteiger partial charge in [0.15, 0.2) is 5.69 Å². The maximum Gasteiger partial charge on any atom is 0.271 e. The van der Waals surface area contributed by atoms with E-state index in [1.54, 1.807) is 17.8 Å². The molecule has 2 heterocycles. The fourth-order valence-corrected chi connectivity index (χ4v) is 3.02. The van der Waals surface area contributed by atoms with Gasteiger partial charge >= 0.3 is 0 Å². The number of hydrogen-bond donors (Lipinski definition) is 1. The highest BCUT2D eigenvalue weighted by molar-refractivity contribution is 5.92. The van der Waals surface area contributed by atoms with Crippen molar-refractivity contribution in [1.82, 2.24) is 20.0 Å². The molecule has 142 valence electrons. The Kier molecular flexibility index (Phi) is 6.64. The molecular weight excluding hydrogens is 340 g/mol. The fraction of sp³-hybridized carbons (Fsp3) is 0.429. The van der Waals surface area contributed by atoms with E-state index in [2.05, 4.69) is 40.1 Å². The van der Waals surface area contributed by atoms with Crippen LogP contribution in [0.2, 0.25) is 0 Å². The van der Waals surface area contributed by atoms with Crippen molar-refractivity contribution in [1.29, 1.82) is 0 Å². The number of rotatable bonds is 5. The number of amides is 1. The maximum atomic E-state index is 12.3. The van der Waals surface area contributed by atoms with E-state index >= 15 is 0 Å². The first kappa shape index (κ1) is 19.2. The minimum Gasteiger partial charge on any atom is -0.379 e. The van der Waals surface area contributed by atoms with Crippen LogP contribution in [0, 0.1) is 11.8 Å². The molecule has 1 N–H and O–H groups in total. The van der Waals surface area contributed by atoms with Gasteiger partial charge in [0.05, 0.1) is 13.2 Å². The van der Waals surface area contributed by atoms with Crippen LogP contribution >= 0.6 is 0 Å². The fourth-order valence-electron chi connectivity index (χ4n) is 3.02. The molecule has 0 unspecified atom stereocenters. The first-order valence-corrected chi connectivity index (χ1v) is 9.39. The molecule has 1 saturated heterocycles. The van der Waals surface area contributed by atoms with Gasteiger partial charge in [-0.1, -0.05) is 31.0 Å². The Labute approximate surface area is 160 Å². The minimum absolute atomic E-state index is 0.166. The topological polar surface area (TPSA) is 59.4 Å². The molecule has 1 aromatic carbocycles. The summed E-state index contributed by atoms with van der Waals surface area (Å²) in [6, 6.07) is 9.85. The van der Waals surface area contributed by atoms with Crippen molar-refractivity contribution in [3.05, 3.63) is 52.8 Å².